The van der Waals surface area contributed by atoms with E-state index in [4.69, 9.17) is 0 Å². The van der Waals surface area contributed by atoms with Crippen LogP contribution in [0.25, 0.3) is 0 Å². The van der Waals surface area contributed by atoms with Gasteiger partial charge in [-0.3, -0.25) is 0 Å². The lowest BCUT2D eigenvalue weighted by Crippen LogP contribution is -2.50. The molecule has 2 aliphatic carbocycles. The van der Waals surface area contributed by atoms with E-state index < -0.39 is 0 Å². The molecule has 2 rings (SSSR count). The first-order valence-corrected chi connectivity index (χ1v) is 5.18. The molecule has 2 fully saturated rings. The Bertz CT molecular complexity index is 144. The zero-order valence-corrected chi connectivity index (χ0v) is 8.01. The Balaban J connectivity index is 1.81. The molecule has 0 radical (unpaired) electrons. The van der Waals surface area contributed by atoms with Crippen molar-refractivity contribution in [3.63, 3.8) is 0 Å². The van der Waals surface area contributed by atoms with Gasteiger partial charge in [0.05, 0.1) is 0 Å². The van der Waals surface area contributed by atoms with E-state index in [2.05, 4.69) is 20.8 Å². The molecule has 2 saturated carbocycles. The second-order valence-electron chi connectivity index (χ2n) is 5.18. The summed E-state index contributed by atoms with van der Waals surface area (Å²) in [7, 11) is 0. The van der Waals surface area contributed by atoms with Gasteiger partial charge in [0.1, 0.15) is 0 Å². The van der Waals surface area contributed by atoms with Gasteiger partial charge in [-0.25, -0.2) is 0 Å². The van der Waals surface area contributed by atoms with Gasteiger partial charge < -0.3 is 0 Å². The maximum atomic E-state index is 2.44. The van der Waals surface area contributed by atoms with E-state index in [0.717, 1.165) is 29.6 Å². The summed E-state index contributed by atoms with van der Waals surface area (Å²) in [6.07, 6.45) is 4.60. The van der Waals surface area contributed by atoms with Gasteiger partial charge in [0.25, 0.3) is 0 Å². The number of fused-ring (bicyclic) bond motifs is 1. The summed E-state index contributed by atoms with van der Waals surface area (Å²) >= 11 is 0. The van der Waals surface area contributed by atoms with Crippen LogP contribution in [0.15, 0.2) is 0 Å². The van der Waals surface area contributed by atoms with Crippen molar-refractivity contribution < 1.29 is 0 Å². The lowest BCUT2D eigenvalue weighted by atomic mass is 9.47. The summed E-state index contributed by atoms with van der Waals surface area (Å²) < 4.78 is 0. The highest BCUT2D eigenvalue weighted by Crippen LogP contribution is 2.59. The fraction of sp³-hybridized carbons (Fsp3) is 1.00. The SMILES string of the molecule is CC(C)CC1CC2CC(C)C12. The van der Waals surface area contributed by atoms with Crippen molar-refractivity contribution in [1.29, 1.82) is 0 Å². The molecular weight excluding hydrogens is 132 g/mol. The molecule has 11 heavy (non-hydrogen) atoms. The standard InChI is InChI=1S/C11H20/c1-7(2)4-9-6-10-5-8(3)11(9)10/h7-11H,4-6H2,1-3H3. The quantitative estimate of drug-likeness (QED) is 0.569. The summed E-state index contributed by atoms with van der Waals surface area (Å²) in [5, 5.41) is 0. The van der Waals surface area contributed by atoms with Crippen molar-refractivity contribution in [2.24, 2.45) is 29.6 Å². The van der Waals surface area contributed by atoms with Crippen LogP contribution in [0.2, 0.25) is 0 Å². The van der Waals surface area contributed by atoms with Crippen LogP contribution in [0.4, 0.5) is 0 Å². The fourth-order valence-corrected chi connectivity index (χ4v) is 3.37. The summed E-state index contributed by atoms with van der Waals surface area (Å²) in [4.78, 5) is 0. The predicted molar refractivity (Wildman–Crippen MR) is 48.3 cm³/mol. The minimum atomic E-state index is 0.925. The first kappa shape index (κ1) is 7.64. The summed E-state index contributed by atoms with van der Waals surface area (Å²) in [6, 6.07) is 0. The van der Waals surface area contributed by atoms with Crippen molar-refractivity contribution in [3.8, 4) is 0 Å². The number of rotatable bonds is 2. The lowest BCUT2D eigenvalue weighted by molar-refractivity contribution is -0.0883. The van der Waals surface area contributed by atoms with E-state index in [1.54, 1.807) is 12.8 Å². The highest BCUT2D eigenvalue weighted by molar-refractivity contribution is 5.00. The fourth-order valence-electron chi connectivity index (χ4n) is 3.37. The van der Waals surface area contributed by atoms with Crippen LogP contribution in [0.3, 0.4) is 0 Å². The van der Waals surface area contributed by atoms with Gasteiger partial charge in [-0.05, 0) is 48.9 Å². The maximum absolute atomic E-state index is 2.44. The van der Waals surface area contributed by atoms with E-state index in [1.165, 1.54) is 6.42 Å². The van der Waals surface area contributed by atoms with E-state index >= 15 is 0 Å². The van der Waals surface area contributed by atoms with Gasteiger partial charge in [0, 0.05) is 0 Å². The Morgan fingerprint density at radius 2 is 2.00 bits per heavy atom. The molecule has 0 aromatic heterocycles. The molecule has 0 bridgehead atoms. The molecule has 0 amide bonds. The molecule has 0 saturated heterocycles. The van der Waals surface area contributed by atoms with E-state index in [0.29, 0.717) is 0 Å². The third kappa shape index (κ3) is 1.11. The third-order valence-electron chi connectivity index (χ3n) is 3.80. The summed E-state index contributed by atoms with van der Waals surface area (Å²) in [5.74, 6) is 5.42. The molecule has 0 heteroatoms. The Morgan fingerprint density at radius 3 is 2.45 bits per heavy atom. The van der Waals surface area contributed by atoms with Crippen LogP contribution >= 0.6 is 0 Å². The van der Waals surface area contributed by atoms with E-state index in [9.17, 15) is 0 Å². The number of hydrogen-bond acceptors (Lipinski definition) is 0. The van der Waals surface area contributed by atoms with Crippen LogP contribution in [-0.4, -0.2) is 0 Å². The number of hydrogen-bond donors (Lipinski definition) is 0. The molecule has 2 aliphatic rings. The topological polar surface area (TPSA) is 0 Å². The molecular formula is C11H20. The van der Waals surface area contributed by atoms with Gasteiger partial charge >= 0.3 is 0 Å². The van der Waals surface area contributed by atoms with Gasteiger partial charge in [0.15, 0.2) is 0 Å². The summed E-state index contributed by atoms with van der Waals surface area (Å²) in [6.45, 7) is 7.15. The minimum absolute atomic E-state index is 0.925. The molecule has 0 aliphatic heterocycles. The van der Waals surface area contributed by atoms with Crippen LogP contribution in [0.5, 0.6) is 0 Å². The average Bonchev–Trinajstić information content (AvgIpc) is 1.82. The zero-order valence-electron chi connectivity index (χ0n) is 8.01. The van der Waals surface area contributed by atoms with Crippen LogP contribution in [0.1, 0.15) is 40.0 Å². The normalized spacial score (nSPS) is 48.0. The van der Waals surface area contributed by atoms with Gasteiger partial charge in [0.2, 0.25) is 0 Å². The molecule has 0 nitrogen and oxygen atoms in total. The van der Waals surface area contributed by atoms with Crippen molar-refractivity contribution in [1.82, 2.24) is 0 Å². The van der Waals surface area contributed by atoms with Crippen LogP contribution < -0.4 is 0 Å². The first-order valence-electron chi connectivity index (χ1n) is 5.18. The molecule has 4 atom stereocenters. The van der Waals surface area contributed by atoms with E-state index in [-0.39, 0.29) is 0 Å². The van der Waals surface area contributed by atoms with Crippen LogP contribution in [0, 0.1) is 29.6 Å². The second kappa shape index (κ2) is 2.50. The lowest BCUT2D eigenvalue weighted by Gasteiger charge is -2.58. The monoisotopic (exact) mass is 152 g/mol. The Kier molecular flexibility index (Phi) is 1.74. The van der Waals surface area contributed by atoms with Crippen molar-refractivity contribution in [2.75, 3.05) is 0 Å². The average molecular weight is 152 g/mol. The zero-order chi connectivity index (χ0) is 8.01. The second-order valence-corrected chi connectivity index (χ2v) is 5.18. The summed E-state index contributed by atoms with van der Waals surface area (Å²) in [5.41, 5.74) is 0. The molecule has 0 N–H and O–H groups in total. The smallest absolute Gasteiger partial charge is 0.0331 e. The molecule has 4 unspecified atom stereocenters. The van der Waals surface area contributed by atoms with Gasteiger partial charge in [-0.1, -0.05) is 20.8 Å². The molecule has 0 spiro atoms. The van der Waals surface area contributed by atoms with Crippen LogP contribution in [-0.2, 0) is 0 Å². The highest BCUT2D eigenvalue weighted by Gasteiger charge is 2.51. The first-order chi connectivity index (χ1) is 5.18. The molecule has 0 aromatic carbocycles. The molecule has 64 valence electrons. The minimum Gasteiger partial charge on any atom is -0.0628 e. The predicted octanol–water partition coefficient (Wildman–Crippen LogP) is 3.32. The van der Waals surface area contributed by atoms with Gasteiger partial charge in [-0.15, -0.1) is 0 Å². The molecule has 0 aromatic rings. The van der Waals surface area contributed by atoms with Crippen molar-refractivity contribution in [3.05, 3.63) is 0 Å². The maximum Gasteiger partial charge on any atom is -0.0331 e. The highest BCUT2D eigenvalue weighted by atomic mass is 14.6. The van der Waals surface area contributed by atoms with E-state index in [1.807, 2.05) is 0 Å². The Labute approximate surface area is 70.4 Å². The largest absolute Gasteiger partial charge is 0.0628 e. The Morgan fingerprint density at radius 1 is 1.27 bits per heavy atom. The van der Waals surface area contributed by atoms with Gasteiger partial charge in [-0.2, -0.15) is 0 Å². The Hall–Kier alpha value is 0. The third-order valence-corrected chi connectivity index (χ3v) is 3.80. The molecule has 0 heterocycles. The van der Waals surface area contributed by atoms with Crippen molar-refractivity contribution in [2.45, 2.75) is 40.0 Å². The van der Waals surface area contributed by atoms with Crippen molar-refractivity contribution >= 4 is 0 Å².